The normalized spacial score (nSPS) is 17.2. The van der Waals surface area contributed by atoms with E-state index in [9.17, 15) is 14.4 Å². The molecule has 0 aromatic carbocycles. The predicted molar refractivity (Wildman–Crippen MR) is 93.1 cm³/mol. The summed E-state index contributed by atoms with van der Waals surface area (Å²) in [4.78, 5) is 37.3. The fourth-order valence-corrected chi connectivity index (χ4v) is 2.98. The number of nitrogens with zero attached hydrogens (tertiary/aromatic N) is 1. The Labute approximate surface area is 147 Å². The van der Waals surface area contributed by atoms with Gasteiger partial charge < -0.3 is 20.1 Å². The molecule has 2 amide bonds. The number of piperidine rings is 1. The lowest BCUT2D eigenvalue weighted by atomic mass is 9.96. The van der Waals surface area contributed by atoms with Gasteiger partial charge in [-0.3, -0.25) is 9.59 Å². The zero-order valence-electron chi connectivity index (χ0n) is 14.8. The predicted octanol–water partition coefficient (Wildman–Crippen LogP) is 1.96. The van der Waals surface area contributed by atoms with Gasteiger partial charge in [0.2, 0.25) is 5.91 Å². The van der Waals surface area contributed by atoms with Gasteiger partial charge in [0.25, 0.3) is 0 Å². The minimum absolute atomic E-state index is 0.168. The highest BCUT2D eigenvalue weighted by Crippen LogP contribution is 2.19. The summed E-state index contributed by atoms with van der Waals surface area (Å²) in [6.45, 7) is 6.11. The molecule has 8 heteroatoms. The van der Waals surface area contributed by atoms with Crippen LogP contribution >= 0.6 is 11.8 Å². The van der Waals surface area contributed by atoms with E-state index in [0.717, 1.165) is 5.75 Å². The van der Waals surface area contributed by atoms with Crippen LogP contribution in [-0.2, 0) is 14.3 Å². The summed E-state index contributed by atoms with van der Waals surface area (Å²) < 4.78 is 5.23. The van der Waals surface area contributed by atoms with Crippen molar-refractivity contribution >= 4 is 29.7 Å². The van der Waals surface area contributed by atoms with Crippen molar-refractivity contribution in [3.05, 3.63) is 0 Å². The van der Waals surface area contributed by atoms with Crippen LogP contribution in [0.5, 0.6) is 0 Å². The maximum Gasteiger partial charge on any atom is 0.408 e. The van der Waals surface area contributed by atoms with Gasteiger partial charge in [0, 0.05) is 13.1 Å². The number of aliphatic carboxylic acids is 1. The number of likely N-dealkylation sites (tertiary alicyclic amines) is 1. The topological polar surface area (TPSA) is 95.9 Å². The van der Waals surface area contributed by atoms with Gasteiger partial charge in [-0.2, -0.15) is 11.8 Å². The fourth-order valence-electron chi connectivity index (χ4n) is 2.51. The molecule has 1 saturated heterocycles. The Kier molecular flexibility index (Phi) is 7.86. The molecular weight excluding hydrogens is 332 g/mol. The number of hydrogen-bond donors (Lipinski definition) is 2. The third kappa shape index (κ3) is 6.98. The van der Waals surface area contributed by atoms with Crippen LogP contribution in [0, 0.1) is 5.92 Å². The highest BCUT2D eigenvalue weighted by molar-refractivity contribution is 7.98. The van der Waals surface area contributed by atoms with Crippen molar-refractivity contribution in [2.45, 2.75) is 51.7 Å². The lowest BCUT2D eigenvalue weighted by Gasteiger charge is -2.33. The van der Waals surface area contributed by atoms with Gasteiger partial charge in [-0.15, -0.1) is 0 Å². The number of thioether (sulfide) groups is 1. The second kappa shape index (κ2) is 9.15. The Morgan fingerprint density at radius 1 is 1.29 bits per heavy atom. The Morgan fingerprint density at radius 2 is 1.88 bits per heavy atom. The van der Waals surface area contributed by atoms with E-state index in [1.165, 1.54) is 0 Å². The van der Waals surface area contributed by atoms with E-state index < -0.39 is 29.6 Å². The van der Waals surface area contributed by atoms with Gasteiger partial charge in [0.05, 0.1) is 5.92 Å². The molecule has 0 spiro atoms. The van der Waals surface area contributed by atoms with E-state index >= 15 is 0 Å². The van der Waals surface area contributed by atoms with Gasteiger partial charge in [-0.1, -0.05) is 0 Å². The number of amides is 2. The molecule has 1 atom stereocenters. The van der Waals surface area contributed by atoms with Crippen LogP contribution in [0.3, 0.4) is 0 Å². The second-order valence-electron chi connectivity index (χ2n) is 6.92. The van der Waals surface area contributed by atoms with Crippen molar-refractivity contribution in [3.8, 4) is 0 Å². The van der Waals surface area contributed by atoms with Gasteiger partial charge in [-0.25, -0.2) is 4.79 Å². The fraction of sp³-hybridized carbons (Fsp3) is 0.812. The molecule has 2 N–H and O–H groups in total. The third-order valence-electron chi connectivity index (χ3n) is 3.76. The Hall–Kier alpha value is -1.44. The zero-order valence-corrected chi connectivity index (χ0v) is 15.6. The van der Waals surface area contributed by atoms with E-state index in [1.54, 1.807) is 37.4 Å². The first-order valence-electron chi connectivity index (χ1n) is 8.14. The summed E-state index contributed by atoms with van der Waals surface area (Å²) in [7, 11) is 0. The van der Waals surface area contributed by atoms with Crippen molar-refractivity contribution in [1.82, 2.24) is 10.2 Å². The molecule has 24 heavy (non-hydrogen) atoms. The van der Waals surface area contributed by atoms with E-state index in [-0.39, 0.29) is 5.91 Å². The summed E-state index contributed by atoms with van der Waals surface area (Å²) >= 11 is 1.60. The zero-order chi connectivity index (χ0) is 18.3. The molecule has 138 valence electrons. The van der Waals surface area contributed by atoms with Crippen molar-refractivity contribution in [3.63, 3.8) is 0 Å². The molecule has 0 aromatic heterocycles. The third-order valence-corrected chi connectivity index (χ3v) is 4.40. The maximum absolute atomic E-state index is 12.7. The second-order valence-corrected chi connectivity index (χ2v) is 7.90. The number of carboxylic acid groups (broad SMARTS) is 1. The van der Waals surface area contributed by atoms with Crippen LogP contribution in [0.15, 0.2) is 0 Å². The van der Waals surface area contributed by atoms with Gasteiger partial charge in [0.1, 0.15) is 11.6 Å². The first kappa shape index (κ1) is 20.6. The Bertz CT molecular complexity index is 456. The molecule has 1 heterocycles. The van der Waals surface area contributed by atoms with Crippen molar-refractivity contribution in [1.29, 1.82) is 0 Å². The van der Waals surface area contributed by atoms with Crippen molar-refractivity contribution < 1.29 is 24.2 Å². The Morgan fingerprint density at radius 3 is 2.33 bits per heavy atom. The molecule has 1 aliphatic rings. The standard InChI is InChI=1S/C16H28N2O5S/c1-16(2,3)23-15(22)17-12(7-10-24-4)13(19)18-8-5-11(6-9-18)14(20)21/h11-12H,5-10H2,1-4H3,(H,17,22)(H,20,21). The molecule has 1 unspecified atom stereocenters. The number of nitrogens with one attached hydrogen (secondary N) is 1. The van der Waals surface area contributed by atoms with Crippen LogP contribution < -0.4 is 5.32 Å². The summed E-state index contributed by atoms with van der Waals surface area (Å²) in [5.41, 5.74) is -0.628. The molecule has 1 rings (SSSR count). The average Bonchev–Trinajstić information content (AvgIpc) is 2.49. The Balaban J connectivity index is 2.65. The lowest BCUT2D eigenvalue weighted by molar-refractivity contribution is -0.146. The van der Waals surface area contributed by atoms with E-state index in [4.69, 9.17) is 9.84 Å². The van der Waals surface area contributed by atoms with Crippen molar-refractivity contribution in [2.75, 3.05) is 25.1 Å². The monoisotopic (exact) mass is 360 g/mol. The smallest absolute Gasteiger partial charge is 0.408 e. The van der Waals surface area contributed by atoms with Gasteiger partial charge in [0.15, 0.2) is 0 Å². The molecule has 1 aliphatic heterocycles. The van der Waals surface area contributed by atoms with Crippen LogP contribution in [0.4, 0.5) is 4.79 Å². The van der Waals surface area contributed by atoms with E-state index in [2.05, 4.69) is 5.32 Å². The summed E-state index contributed by atoms with van der Waals surface area (Å²) in [6.07, 6.45) is 2.74. The van der Waals surface area contributed by atoms with Gasteiger partial charge in [-0.05, 0) is 52.0 Å². The largest absolute Gasteiger partial charge is 0.481 e. The van der Waals surface area contributed by atoms with Crippen LogP contribution in [0.25, 0.3) is 0 Å². The average molecular weight is 360 g/mol. The number of hydrogen-bond acceptors (Lipinski definition) is 5. The molecule has 0 saturated carbocycles. The number of carbonyl (C=O) groups is 3. The summed E-state index contributed by atoms with van der Waals surface area (Å²) in [5.74, 6) is -0.637. The number of carboxylic acids is 1. The van der Waals surface area contributed by atoms with Crippen LogP contribution in [-0.4, -0.2) is 64.7 Å². The van der Waals surface area contributed by atoms with Crippen molar-refractivity contribution in [2.24, 2.45) is 5.92 Å². The summed E-state index contributed by atoms with van der Waals surface area (Å²) in [6, 6.07) is -0.645. The van der Waals surface area contributed by atoms with E-state index in [1.807, 2.05) is 6.26 Å². The minimum Gasteiger partial charge on any atom is -0.481 e. The number of alkyl carbamates (subject to hydrolysis) is 1. The van der Waals surface area contributed by atoms with E-state index in [0.29, 0.717) is 32.4 Å². The lowest BCUT2D eigenvalue weighted by Crippen LogP contribution is -2.52. The molecule has 7 nitrogen and oxygen atoms in total. The van der Waals surface area contributed by atoms with Crippen LogP contribution in [0.1, 0.15) is 40.0 Å². The van der Waals surface area contributed by atoms with Crippen LogP contribution in [0.2, 0.25) is 0 Å². The highest BCUT2D eigenvalue weighted by atomic mass is 32.2. The molecule has 0 aromatic rings. The summed E-state index contributed by atoms with van der Waals surface area (Å²) in [5, 5.41) is 11.7. The first-order valence-corrected chi connectivity index (χ1v) is 9.53. The molecular formula is C16H28N2O5S. The first-order chi connectivity index (χ1) is 11.1. The molecule has 1 fully saturated rings. The molecule has 0 bridgehead atoms. The van der Waals surface area contributed by atoms with Gasteiger partial charge >= 0.3 is 12.1 Å². The maximum atomic E-state index is 12.7. The number of rotatable bonds is 6. The SMILES string of the molecule is CSCCC(NC(=O)OC(C)(C)C)C(=O)N1CCC(C(=O)O)CC1. The number of carbonyl (C=O) groups excluding carboxylic acids is 2. The highest BCUT2D eigenvalue weighted by Gasteiger charge is 2.32. The minimum atomic E-state index is -0.812. The molecule has 0 aliphatic carbocycles. The quantitative estimate of drug-likeness (QED) is 0.752. The number of ether oxygens (including phenoxy) is 1. The molecule has 0 radical (unpaired) electrons.